The van der Waals surface area contributed by atoms with Crippen molar-refractivity contribution in [3.05, 3.63) is 35.4 Å². The summed E-state index contributed by atoms with van der Waals surface area (Å²) in [7, 11) is 1.13. The van der Waals surface area contributed by atoms with Crippen molar-refractivity contribution in [1.82, 2.24) is 10.2 Å². The predicted octanol–water partition coefficient (Wildman–Crippen LogP) is 1.47. The number of aliphatic hydroxyl groups is 1. The number of ketones is 1. The van der Waals surface area contributed by atoms with E-state index in [1.807, 2.05) is 0 Å². The summed E-state index contributed by atoms with van der Waals surface area (Å²) in [5.41, 5.74) is 0.0591. The van der Waals surface area contributed by atoms with E-state index in [9.17, 15) is 19.5 Å². The average molecular weight is 365 g/mol. The predicted molar refractivity (Wildman–Crippen MR) is 98.3 cm³/mol. The molecule has 6 nitrogen and oxygen atoms in total. The summed E-state index contributed by atoms with van der Waals surface area (Å²) in [6.45, 7) is 1.75. The summed E-state index contributed by atoms with van der Waals surface area (Å²) in [4.78, 5) is 38.7. The highest BCUT2D eigenvalue weighted by Gasteiger charge is 2.32. The molecule has 1 heterocycles. The molecule has 142 valence electrons. The fraction of sp³-hybridized carbons (Fsp3) is 0.550. The third-order valence-corrected chi connectivity index (χ3v) is 4.27. The van der Waals surface area contributed by atoms with E-state index in [0.29, 0.717) is 4.90 Å². The van der Waals surface area contributed by atoms with E-state index >= 15 is 0 Å². The second-order valence-corrected chi connectivity index (χ2v) is 6.73. The fourth-order valence-corrected chi connectivity index (χ4v) is 2.61. The van der Waals surface area contributed by atoms with Gasteiger partial charge in [0.2, 0.25) is 11.8 Å². The Kier molecular flexibility index (Phi) is 4.52. The number of Topliss-reactive ketones (excluding diaryl/α,β-unsaturated/α-hetero) is 1. The van der Waals surface area contributed by atoms with Gasteiger partial charge >= 0.3 is 0 Å². The van der Waals surface area contributed by atoms with Crippen LogP contribution in [0.15, 0.2) is 24.3 Å². The molecule has 0 unspecified atom stereocenters. The van der Waals surface area contributed by atoms with Gasteiger partial charge in [-0.05, 0) is 23.4 Å². The van der Waals surface area contributed by atoms with Gasteiger partial charge in [0.05, 0.1) is 1.37 Å². The Bertz CT molecular complexity index is 888. The van der Waals surface area contributed by atoms with E-state index in [1.54, 1.807) is 6.07 Å². The number of benzene rings is 1. The van der Waals surface area contributed by atoms with Crippen LogP contribution in [0.4, 0.5) is 0 Å². The summed E-state index contributed by atoms with van der Waals surface area (Å²) < 4.78 is 40.8. The van der Waals surface area contributed by atoms with Gasteiger partial charge in [0.1, 0.15) is 12.1 Å². The number of rotatable bonds is 6. The summed E-state index contributed by atoms with van der Waals surface area (Å²) >= 11 is 0. The zero-order chi connectivity index (χ0) is 23.9. The minimum absolute atomic E-state index is 0.0629. The van der Waals surface area contributed by atoms with E-state index < -0.39 is 60.8 Å². The first-order valence-corrected chi connectivity index (χ1v) is 8.49. The Morgan fingerprint density at radius 2 is 2.04 bits per heavy atom. The molecular formula is C20H28N2O4. The molecule has 0 saturated heterocycles. The van der Waals surface area contributed by atoms with Crippen molar-refractivity contribution in [2.75, 3.05) is 13.5 Å². The minimum atomic E-state index is -2.68. The minimum Gasteiger partial charge on any atom is -0.385 e. The van der Waals surface area contributed by atoms with Gasteiger partial charge in [-0.25, -0.2) is 0 Å². The van der Waals surface area contributed by atoms with Crippen LogP contribution in [-0.4, -0.2) is 47.2 Å². The number of nitrogens with zero attached hydrogens (tertiary/aromatic N) is 1. The lowest BCUT2D eigenvalue weighted by Gasteiger charge is -2.24. The number of hydrogen-bond donors (Lipinski definition) is 2. The van der Waals surface area contributed by atoms with E-state index in [-0.39, 0.29) is 11.1 Å². The molecule has 0 aromatic heterocycles. The Balaban J connectivity index is 2.36. The monoisotopic (exact) mass is 365 g/mol. The van der Waals surface area contributed by atoms with Gasteiger partial charge in [0.25, 0.3) is 0 Å². The first-order valence-electron chi connectivity index (χ1n) is 11.0. The number of carbonyl (C=O) groups is 3. The summed E-state index contributed by atoms with van der Waals surface area (Å²) in [5, 5.41) is 12.5. The van der Waals surface area contributed by atoms with Gasteiger partial charge in [-0.1, -0.05) is 45.0 Å². The van der Waals surface area contributed by atoms with Crippen LogP contribution in [0.1, 0.15) is 51.2 Å². The highest BCUT2D eigenvalue weighted by Crippen LogP contribution is 2.25. The van der Waals surface area contributed by atoms with Crippen molar-refractivity contribution in [3.8, 4) is 0 Å². The van der Waals surface area contributed by atoms with Crippen molar-refractivity contribution in [2.45, 2.75) is 45.7 Å². The van der Waals surface area contributed by atoms with E-state index in [4.69, 9.17) is 6.85 Å². The number of carbonyl (C=O) groups excluding carboxylic acids is 3. The van der Waals surface area contributed by atoms with Gasteiger partial charge in [-0.3, -0.25) is 14.4 Å². The van der Waals surface area contributed by atoms with Crippen molar-refractivity contribution in [2.24, 2.45) is 11.8 Å². The van der Waals surface area contributed by atoms with Crippen LogP contribution in [0.2, 0.25) is 0 Å². The lowest BCUT2D eigenvalue weighted by Crippen LogP contribution is -2.43. The maximum absolute atomic E-state index is 13.0. The maximum Gasteiger partial charge on any atom is 0.249 e. The molecule has 0 aliphatic carbocycles. The molecule has 1 aromatic carbocycles. The molecule has 1 aromatic rings. The van der Waals surface area contributed by atoms with Gasteiger partial charge in [-0.15, -0.1) is 0 Å². The third-order valence-electron chi connectivity index (χ3n) is 4.27. The molecule has 0 radical (unpaired) electrons. The number of likely N-dealkylation sites (N-methyl/N-ethyl adjacent to an activating group) is 1. The molecule has 1 aliphatic heterocycles. The summed E-state index contributed by atoms with van der Waals surface area (Å²) in [6, 6.07) is 4.53. The van der Waals surface area contributed by atoms with Crippen molar-refractivity contribution < 1.29 is 26.3 Å². The van der Waals surface area contributed by atoms with Gasteiger partial charge in [0.15, 0.2) is 5.78 Å². The number of nitrogens with one attached hydrogen (secondary N) is 1. The summed E-state index contributed by atoms with van der Waals surface area (Å²) in [5.74, 6) is -4.04. The highest BCUT2D eigenvalue weighted by atomic mass is 16.3. The van der Waals surface area contributed by atoms with Gasteiger partial charge in [-0.2, -0.15) is 0 Å². The molecule has 2 rings (SSSR count). The first kappa shape index (κ1) is 13.9. The molecule has 0 spiro atoms. The molecular weight excluding hydrogens is 332 g/mol. The number of aryl methyl sites for hydroxylation is 1. The second kappa shape index (κ2) is 8.45. The Morgan fingerprint density at radius 1 is 1.38 bits per heavy atom. The largest absolute Gasteiger partial charge is 0.385 e. The van der Waals surface area contributed by atoms with Crippen LogP contribution < -0.4 is 5.32 Å². The van der Waals surface area contributed by atoms with Crippen LogP contribution in [0.25, 0.3) is 0 Å². The second-order valence-electron chi connectivity index (χ2n) is 6.73. The van der Waals surface area contributed by atoms with E-state index in [2.05, 4.69) is 5.32 Å². The molecule has 6 heteroatoms. The normalized spacial score (nSPS) is 27.5. The molecule has 2 amide bonds. The Hall–Kier alpha value is -2.21. The topological polar surface area (TPSA) is 86.7 Å². The Labute approximate surface area is 161 Å². The summed E-state index contributed by atoms with van der Waals surface area (Å²) in [6.07, 6.45) is -5.32. The zero-order valence-corrected chi connectivity index (χ0v) is 15.4. The smallest absolute Gasteiger partial charge is 0.249 e. The molecule has 0 bridgehead atoms. The van der Waals surface area contributed by atoms with Crippen LogP contribution in [0, 0.1) is 11.8 Å². The first-order chi connectivity index (χ1) is 14.1. The lowest BCUT2D eigenvalue weighted by molar-refractivity contribution is -0.137. The van der Waals surface area contributed by atoms with Crippen LogP contribution >= 0.6 is 0 Å². The van der Waals surface area contributed by atoms with Crippen molar-refractivity contribution >= 4 is 17.6 Å². The van der Waals surface area contributed by atoms with E-state index in [1.165, 1.54) is 39.0 Å². The molecule has 2 N–H and O–H groups in total. The molecule has 0 saturated carbocycles. The van der Waals surface area contributed by atoms with Gasteiger partial charge < -0.3 is 15.3 Å². The quantitative estimate of drug-likeness (QED) is 0.799. The number of fused-ring (bicyclic) bond motifs is 1. The molecule has 26 heavy (non-hydrogen) atoms. The number of amides is 2. The third kappa shape index (κ3) is 4.49. The van der Waals surface area contributed by atoms with Crippen molar-refractivity contribution in [3.63, 3.8) is 0 Å². The molecule has 3 atom stereocenters. The zero-order valence-electron chi connectivity index (χ0n) is 20.4. The maximum atomic E-state index is 13.0. The van der Waals surface area contributed by atoms with E-state index in [0.717, 1.165) is 7.05 Å². The van der Waals surface area contributed by atoms with Crippen LogP contribution in [0.5, 0.6) is 0 Å². The average Bonchev–Trinajstić information content (AvgIpc) is 2.72. The SMILES string of the molecule is [2H]C1([2H])c2ccccc2[C@H](NC(=O)[C@H](C)CC(=O)[C@@]([2H])(O)C(C)C)C(=O)N(C)C1([2H])[2H]. The molecule has 1 aliphatic rings. The fourth-order valence-electron chi connectivity index (χ4n) is 2.61. The Morgan fingerprint density at radius 3 is 2.69 bits per heavy atom. The van der Waals surface area contributed by atoms with Crippen LogP contribution in [0.3, 0.4) is 0 Å². The van der Waals surface area contributed by atoms with Crippen molar-refractivity contribution in [1.29, 1.82) is 0 Å². The number of hydrogen-bond acceptors (Lipinski definition) is 4. The molecule has 0 fully saturated rings. The van der Waals surface area contributed by atoms with Crippen LogP contribution in [-0.2, 0) is 20.8 Å². The highest BCUT2D eigenvalue weighted by molar-refractivity contribution is 5.92. The lowest BCUT2D eigenvalue weighted by atomic mass is 9.94. The standard InChI is InChI=1S/C20H28N2O4/c1-12(2)18(24)16(23)11-13(3)19(25)21-17-15-8-6-5-7-14(15)9-10-22(4)20(17)26/h5-8,12-13,17-18,24H,9-11H2,1-4H3,(H,21,25)/t13-,17+,18+/m1/s1/i9D2,10D2,18D. The van der Waals surface area contributed by atoms with Gasteiger partial charge in [0, 0.05) is 31.4 Å².